The number of rotatable bonds is 7. The van der Waals surface area contributed by atoms with Crippen LogP contribution in [0.4, 0.5) is 0 Å². The predicted molar refractivity (Wildman–Crippen MR) is 110 cm³/mol. The lowest BCUT2D eigenvalue weighted by Gasteiger charge is -2.34. The van der Waals surface area contributed by atoms with Crippen LogP contribution in [0.1, 0.15) is 34.1 Å². The van der Waals surface area contributed by atoms with Gasteiger partial charge in [0.1, 0.15) is 5.75 Å². The number of amides is 2. The van der Waals surface area contributed by atoms with Crippen molar-refractivity contribution in [3.8, 4) is 5.75 Å². The molecule has 1 aromatic rings. The fourth-order valence-electron chi connectivity index (χ4n) is 2.91. The average molecular weight is 426 g/mol. The van der Waals surface area contributed by atoms with Gasteiger partial charge in [-0.25, -0.2) is 8.42 Å². The summed E-state index contributed by atoms with van der Waals surface area (Å²) >= 11 is 0. The molecule has 1 saturated heterocycles. The van der Waals surface area contributed by atoms with Crippen LogP contribution in [0.25, 0.3) is 0 Å². The number of benzene rings is 1. The molecule has 1 aliphatic rings. The van der Waals surface area contributed by atoms with Crippen LogP contribution in [0, 0.1) is 5.41 Å². The van der Waals surface area contributed by atoms with E-state index in [1.807, 2.05) is 27.7 Å². The standard InChI is InChI=1S/C20H31N3O5S/c1-5-28-16-6-8-17(9-7-16)29(26,27)23-14-12-22(13-15-23)18(24)10-11-21-19(25)20(2,3)4/h6-9H,5,10-15H2,1-4H3,(H,21,25). The molecule has 2 rings (SSSR count). The Hall–Kier alpha value is -2.13. The number of hydrogen-bond acceptors (Lipinski definition) is 5. The number of hydrogen-bond donors (Lipinski definition) is 1. The van der Waals surface area contributed by atoms with Gasteiger partial charge >= 0.3 is 0 Å². The second-order valence-corrected chi connectivity index (χ2v) is 9.88. The third-order valence-corrected chi connectivity index (χ3v) is 6.58. The zero-order valence-corrected chi connectivity index (χ0v) is 18.4. The molecular weight excluding hydrogens is 394 g/mol. The molecule has 162 valence electrons. The first-order chi connectivity index (χ1) is 13.6. The van der Waals surface area contributed by atoms with Gasteiger partial charge in [-0.1, -0.05) is 20.8 Å². The second kappa shape index (κ2) is 9.58. The van der Waals surface area contributed by atoms with E-state index in [0.29, 0.717) is 25.4 Å². The van der Waals surface area contributed by atoms with Crippen LogP contribution < -0.4 is 10.1 Å². The third-order valence-electron chi connectivity index (χ3n) is 4.67. The van der Waals surface area contributed by atoms with Gasteiger partial charge in [-0.15, -0.1) is 0 Å². The van der Waals surface area contributed by atoms with Crippen molar-refractivity contribution < 1.29 is 22.7 Å². The van der Waals surface area contributed by atoms with Crippen molar-refractivity contribution in [3.63, 3.8) is 0 Å². The molecule has 1 N–H and O–H groups in total. The minimum atomic E-state index is -3.60. The van der Waals surface area contributed by atoms with Crippen LogP contribution in [-0.4, -0.2) is 68.8 Å². The summed E-state index contributed by atoms with van der Waals surface area (Å²) in [6, 6.07) is 6.36. The lowest BCUT2D eigenvalue weighted by atomic mass is 9.96. The number of nitrogens with zero attached hydrogens (tertiary/aromatic N) is 2. The Bertz CT molecular complexity index is 808. The second-order valence-electron chi connectivity index (χ2n) is 7.95. The number of carbonyl (C=O) groups is 2. The van der Waals surface area contributed by atoms with Gasteiger partial charge in [0.25, 0.3) is 0 Å². The molecule has 0 atom stereocenters. The molecule has 0 saturated carbocycles. The highest BCUT2D eigenvalue weighted by Gasteiger charge is 2.30. The number of carbonyl (C=O) groups excluding carboxylic acids is 2. The smallest absolute Gasteiger partial charge is 0.243 e. The molecule has 8 nitrogen and oxygen atoms in total. The van der Waals surface area contributed by atoms with Crippen molar-refractivity contribution >= 4 is 21.8 Å². The van der Waals surface area contributed by atoms with Gasteiger partial charge in [0, 0.05) is 44.6 Å². The summed E-state index contributed by atoms with van der Waals surface area (Å²) in [4.78, 5) is 26.1. The molecule has 1 fully saturated rings. The van der Waals surface area contributed by atoms with E-state index in [0.717, 1.165) is 0 Å². The van der Waals surface area contributed by atoms with E-state index >= 15 is 0 Å². The van der Waals surface area contributed by atoms with E-state index in [-0.39, 0.29) is 42.8 Å². The average Bonchev–Trinajstić information content (AvgIpc) is 2.68. The summed E-state index contributed by atoms with van der Waals surface area (Å²) in [5.41, 5.74) is -0.496. The molecule has 2 amide bonds. The van der Waals surface area contributed by atoms with E-state index in [1.54, 1.807) is 17.0 Å². The van der Waals surface area contributed by atoms with Crippen molar-refractivity contribution in [1.82, 2.24) is 14.5 Å². The maximum atomic E-state index is 12.8. The molecule has 0 radical (unpaired) electrons. The predicted octanol–water partition coefficient (Wildman–Crippen LogP) is 1.47. The Morgan fingerprint density at radius 3 is 2.17 bits per heavy atom. The summed E-state index contributed by atoms with van der Waals surface area (Å²) in [5.74, 6) is 0.439. The molecule has 0 aromatic heterocycles. The van der Waals surface area contributed by atoms with Crippen LogP contribution in [0.3, 0.4) is 0 Å². The zero-order chi connectivity index (χ0) is 21.7. The largest absolute Gasteiger partial charge is 0.494 e. The number of nitrogens with one attached hydrogen (secondary N) is 1. The SMILES string of the molecule is CCOc1ccc(S(=O)(=O)N2CCN(C(=O)CCNC(=O)C(C)(C)C)CC2)cc1. The Morgan fingerprint density at radius 1 is 1.07 bits per heavy atom. The Morgan fingerprint density at radius 2 is 1.66 bits per heavy atom. The van der Waals surface area contributed by atoms with Gasteiger partial charge < -0.3 is 15.0 Å². The maximum Gasteiger partial charge on any atom is 0.243 e. The minimum Gasteiger partial charge on any atom is -0.494 e. The first-order valence-corrected chi connectivity index (χ1v) is 11.3. The molecule has 1 aromatic carbocycles. The lowest BCUT2D eigenvalue weighted by molar-refractivity contribution is -0.132. The fraction of sp³-hybridized carbons (Fsp3) is 0.600. The van der Waals surface area contributed by atoms with Gasteiger partial charge in [-0.05, 0) is 31.2 Å². The minimum absolute atomic E-state index is 0.0858. The quantitative estimate of drug-likeness (QED) is 0.714. The molecule has 1 heterocycles. The van der Waals surface area contributed by atoms with E-state index in [1.165, 1.54) is 16.4 Å². The first kappa shape index (κ1) is 23.2. The highest BCUT2D eigenvalue weighted by molar-refractivity contribution is 7.89. The van der Waals surface area contributed by atoms with Gasteiger partial charge in [0.2, 0.25) is 21.8 Å². The number of ether oxygens (including phenoxy) is 1. The van der Waals surface area contributed by atoms with Gasteiger partial charge in [0.05, 0.1) is 11.5 Å². The van der Waals surface area contributed by atoms with E-state index in [4.69, 9.17) is 4.74 Å². The van der Waals surface area contributed by atoms with Crippen LogP contribution in [0.15, 0.2) is 29.2 Å². The van der Waals surface area contributed by atoms with Crippen LogP contribution >= 0.6 is 0 Å². The molecule has 29 heavy (non-hydrogen) atoms. The lowest BCUT2D eigenvalue weighted by Crippen LogP contribution is -2.51. The normalized spacial score (nSPS) is 15.8. The van der Waals surface area contributed by atoms with Crippen molar-refractivity contribution in [2.24, 2.45) is 5.41 Å². The summed E-state index contributed by atoms with van der Waals surface area (Å²) in [5, 5.41) is 2.76. The zero-order valence-electron chi connectivity index (χ0n) is 17.6. The van der Waals surface area contributed by atoms with Crippen molar-refractivity contribution in [3.05, 3.63) is 24.3 Å². The molecule has 0 aliphatic carbocycles. The molecule has 0 unspecified atom stereocenters. The van der Waals surface area contributed by atoms with Crippen molar-refractivity contribution in [1.29, 1.82) is 0 Å². The highest BCUT2D eigenvalue weighted by atomic mass is 32.2. The fourth-order valence-corrected chi connectivity index (χ4v) is 4.33. The van der Waals surface area contributed by atoms with E-state index < -0.39 is 15.4 Å². The monoisotopic (exact) mass is 425 g/mol. The highest BCUT2D eigenvalue weighted by Crippen LogP contribution is 2.21. The number of sulfonamides is 1. The number of piperazine rings is 1. The molecule has 1 aliphatic heterocycles. The van der Waals surface area contributed by atoms with Crippen molar-refractivity contribution in [2.45, 2.75) is 39.0 Å². The summed E-state index contributed by atoms with van der Waals surface area (Å²) < 4.78 is 32.4. The molecule has 0 bridgehead atoms. The summed E-state index contributed by atoms with van der Waals surface area (Å²) in [7, 11) is -3.60. The summed E-state index contributed by atoms with van der Waals surface area (Å²) in [6.07, 6.45) is 0.202. The van der Waals surface area contributed by atoms with E-state index in [9.17, 15) is 18.0 Å². The van der Waals surface area contributed by atoms with Crippen LogP contribution in [0.5, 0.6) is 5.75 Å². The first-order valence-electron chi connectivity index (χ1n) is 9.85. The molecule has 0 spiro atoms. The maximum absolute atomic E-state index is 12.8. The van der Waals surface area contributed by atoms with Crippen molar-refractivity contribution in [2.75, 3.05) is 39.3 Å². The Balaban J connectivity index is 1.86. The summed E-state index contributed by atoms with van der Waals surface area (Å²) in [6.45, 7) is 9.26. The Labute approximate surface area is 173 Å². The van der Waals surface area contributed by atoms with E-state index in [2.05, 4.69) is 5.32 Å². The van der Waals surface area contributed by atoms with Gasteiger partial charge in [-0.2, -0.15) is 4.31 Å². The van der Waals surface area contributed by atoms with Crippen LogP contribution in [0.2, 0.25) is 0 Å². The van der Waals surface area contributed by atoms with Crippen LogP contribution in [-0.2, 0) is 19.6 Å². The Kier molecular flexibility index (Phi) is 7.65. The van der Waals surface area contributed by atoms with Gasteiger partial charge in [0.15, 0.2) is 0 Å². The molecule has 9 heteroatoms. The molecular formula is C20H31N3O5S. The topological polar surface area (TPSA) is 96.0 Å². The third kappa shape index (κ3) is 6.17. The van der Waals surface area contributed by atoms with Gasteiger partial charge in [-0.3, -0.25) is 9.59 Å².